The van der Waals surface area contributed by atoms with Gasteiger partial charge in [0.2, 0.25) is 0 Å². The molecule has 0 aliphatic carbocycles. The first-order valence-corrected chi connectivity index (χ1v) is 7.98. The summed E-state index contributed by atoms with van der Waals surface area (Å²) in [7, 11) is 0. The number of thiocarbonyl (C=S) groups is 1. The molecule has 0 unspecified atom stereocenters. The molecule has 1 saturated heterocycles. The van der Waals surface area contributed by atoms with Crippen LogP contribution in [-0.4, -0.2) is 23.1 Å². The molecular weight excluding hydrogens is 381 g/mol. The van der Waals surface area contributed by atoms with E-state index < -0.39 is 23.6 Å². The number of nitrogens with one attached hydrogen (secondary N) is 1. The molecule has 9 heteroatoms. The van der Waals surface area contributed by atoms with Gasteiger partial charge in [0.15, 0.2) is 5.11 Å². The molecular formula is C18H11F3N2O3S. The molecule has 1 aliphatic rings. The highest BCUT2D eigenvalue weighted by Gasteiger charge is 2.38. The number of nitrogens with zero attached hydrogens (tertiary/aromatic N) is 1. The number of halogens is 3. The standard InChI is InChI=1S/C18H11F3N2O3S/c19-18(20,21)10-14-15(24)22-17(27)23(16(14)25)11-6-8-13(9-7-11)26-12-4-2-1-3-5-12/h1-10H,(H,22,24,27)/b14-10-. The minimum absolute atomic E-state index is 0.193. The van der Waals surface area contributed by atoms with Gasteiger partial charge in [-0.1, -0.05) is 18.2 Å². The van der Waals surface area contributed by atoms with E-state index in [4.69, 9.17) is 17.0 Å². The normalized spacial score (nSPS) is 16.5. The fourth-order valence-electron chi connectivity index (χ4n) is 2.34. The van der Waals surface area contributed by atoms with Crippen LogP contribution in [0.1, 0.15) is 0 Å². The first kappa shape index (κ1) is 18.6. The van der Waals surface area contributed by atoms with E-state index in [9.17, 15) is 22.8 Å². The maximum absolute atomic E-state index is 12.6. The molecule has 5 nitrogen and oxygen atoms in total. The van der Waals surface area contributed by atoms with Crippen molar-refractivity contribution in [3.05, 3.63) is 66.2 Å². The molecule has 0 atom stereocenters. The van der Waals surface area contributed by atoms with Gasteiger partial charge >= 0.3 is 6.18 Å². The number of para-hydroxylation sites is 1. The molecule has 1 fully saturated rings. The van der Waals surface area contributed by atoms with Crippen molar-refractivity contribution in [3.63, 3.8) is 0 Å². The second-order valence-electron chi connectivity index (χ2n) is 5.41. The molecule has 0 saturated carbocycles. The van der Waals surface area contributed by atoms with Crippen LogP contribution < -0.4 is 15.0 Å². The highest BCUT2D eigenvalue weighted by molar-refractivity contribution is 7.80. The van der Waals surface area contributed by atoms with Gasteiger partial charge in [-0.3, -0.25) is 19.8 Å². The predicted molar refractivity (Wildman–Crippen MR) is 95.3 cm³/mol. The van der Waals surface area contributed by atoms with Crippen LogP contribution in [-0.2, 0) is 9.59 Å². The lowest BCUT2D eigenvalue weighted by Gasteiger charge is -2.29. The minimum Gasteiger partial charge on any atom is -0.457 e. The first-order chi connectivity index (χ1) is 12.7. The number of allylic oxidation sites excluding steroid dienone is 1. The van der Waals surface area contributed by atoms with E-state index in [-0.39, 0.29) is 16.9 Å². The molecule has 138 valence electrons. The third kappa shape index (κ3) is 4.32. The quantitative estimate of drug-likeness (QED) is 0.492. The number of rotatable bonds is 3. The Labute approximate surface area is 157 Å². The Hall–Kier alpha value is -3.20. The van der Waals surface area contributed by atoms with E-state index in [0.29, 0.717) is 11.5 Å². The van der Waals surface area contributed by atoms with Gasteiger partial charge in [0.05, 0.1) is 5.69 Å². The Morgan fingerprint density at radius 1 is 0.963 bits per heavy atom. The summed E-state index contributed by atoms with van der Waals surface area (Å²) in [4.78, 5) is 24.9. The molecule has 27 heavy (non-hydrogen) atoms. The molecule has 2 aromatic rings. The van der Waals surface area contributed by atoms with Crippen molar-refractivity contribution in [2.75, 3.05) is 4.90 Å². The number of carbonyl (C=O) groups is 2. The number of alkyl halides is 3. The zero-order valence-electron chi connectivity index (χ0n) is 13.5. The van der Waals surface area contributed by atoms with Crippen LogP contribution in [0.4, 0.5) is 18.9 Å². The molecule has 0 aromatic heterocycles. The maximum atomic E-state index is 12.6. The van der Waals surface area contributed by atoms with Crippen molar-refractivity contribution in [2.24, 2.45) is 0 Å². The van der Waals surface area contributed by atoms with E-state index in [1.165, 1.54) is 24.3 Å². The predicted octanol–water partition coefficient (Wildman–Crippen LogP) is 3.72. The zero-order chi connectivity index (χ0) is 19.6. The molecule has 1 heterocycles. The van der Waals surface area contributed by atoms with Crippen molar-refractivity contribution in [1.82, 2.24) is 5.32 Å². The second-order valence-corrected chi connectivity index (χ2v) is 5.80. The smallest absolute Gasteiger partial charge is 0.410 e. The number of amides is 2. The maximum Gasteiger partial charge on any atom is 0.410 e. The van der Waals surface area contributed by atoms with Crippen molar-refractivity contribution in [3.8, 4) is 11.5 Å². The Morgan fingerprint density at radius 2 is 1.56 bits per heavy atom. The Morgan fingerprint density at radius 3 is 2.15 bits per heavy atom. The van der Waals surface area contributed by atoms with E-state index in [2.05, 4.69) is 5.32 Å². The van der Waals surface area contributed by atoms with Crippen LogP contribution in [0.5, 0.6) is 11.5 Å². The van der Waals surface area contributed by atoms with Gasteiger partial charge in [0.25, 0.3) is 11.8 Å². The number of ether oxygens (including phenoxy) is 1. The van der Waals surface area contributed by atoms with Gasteiger partial charge in [-0.2, -0.15) is 13.2 Å². The van der Waals surface area contributed by atoms with Crippen molar-refractivity contribution in [2.45, 2.75) is 6.18 Å². The summed E-state index contributed by atoms with van der Waals surface area (Å²) in [5.74, 6) is -1.30. The van der Waals surface area contributed by atoms with Gasteiger partial charge in [0.1, 0.15) is 17.1 Å². The van der Waals surface area contributed by atoms with E-state index in [0.717, 1.165) is 4.90 Å². The van der Waals surface area contributed by atoms with Gasteiger partial charge in [0, 0.05) is 6.08 Å². The number of hydrogen-bond donors (Lipinski definition) is 1. The zero-order valence-corrected chi connectivity index (χ0v) is 14.3. The number of hydrogen-bond acceptors (Lipinski definition) is 4. The summed E-state index contributed by atoms with van der Waals surface area (Å²) in [6.07, 6.45) is -5.16. The highest BCUT2D eigenvalue weighted by Crippen LogP contribution is 2.28. The van der Waals surface area contributed by atoms with Crippen molar-refractivity contribution in [1.29, 1.82) is 0 Å². The number of anilines is 1. The molecule has 0 spiro atoms. The number of carbonyl (C=O) groups excluding carboxylic acids is 2. The van der Waals surface area contributed by atoms with Gasteiger partial charge in [-0.05, 0) is 48.6 Å². The monoisotopic (exact) mass is 392 g/mol. The fourth-order valence-corrected chi connectivity index (χ4v) is 2.62. The fraction of sp³-hybridized carbons (Fsp3) is 0.0556. The first-order valence-electron chi connectivity index (χ1n) is 7.57. The Balaban J connectivity index is 1.86. The summed E-state index contributed by atoms with van der Waals surface area (Å²) >= 11 is 4.93. The van der Waals surface area contributed by atoms with Gasteiger partial charge in [-0.15, -0.1) is 0 Å². The summed E-state index contributed by atoms with van der Waals surface area (Å²) in [5, 5.41) is 1.78. The summed E-state index contributed by atoms with van der Waals surface area (Å²) in [6, 6.07) is 14.9. The highest BCUT2D eigenvalue weighted by atomic mass is 32.1. The molecule has 0 bridgehead atoms. The SMILES string of the molecule is O=C1NC(=S)N(c2ccc(Oc3ccccc3)cc2)C(=O)/C1=C\C(F)(F)F. The number of benzene rings is 2. The molecule has 3 rings (SSSR count). The summed E-state index contributed by atoms with van der Waals surface area (Å²) in [6.45, 7) is 0. The van der Waals surface area contributed by atoms with Crippen molar-refractivity contribution >= 4 is 34.8 Å². The van der Waals surface area contributed by atoms with E-state index >= 15 is 0 Å². The van der Waals surface area contributed by atoms with E-state index in [1.807, 2.05) is 6.07 Å². The van der Waals surface area contributed by atoms with Gasteiger partial charge in [-0.25, -0.2) is 0 Å². The Bertz CT molecular complexity index is 925. The van der Waals surface area contributed by atoms with Gasteiger partial charge < -0.3 is 4.74 Å². The van der Waals surface area contributed by atoms with Crippen LogP contribution >= 0.6 is 12.2 Å². The van der Waals surface area contributed by atoms with Crippen LogP contribution in [0.3, 0.4) is 0 Å². The average molecular weight is 392 g/mol. The second kappa shape index (κ2) is 7.20. The molecule has 2 aromatic carbocycles. The third-order valence-corrected chi connectivity index (χ3v) is 3.77. The van der Waals surface area contributed by atoms with Crippen LogP contribution in [0.25, 0.3) is 0 Å². The van der Waals surface area contributed by atoms with Crippen LogP contribution in [0.2, 0.25) is 0 Å². The molecule has 1 aliphatic heterocycles. The molecule has 0 radical (unpaired) electrons. The van der Waals surface area contributed by atoms with Crippen molar-refractivity contribution < 1.29 is 27.5 Å². The van der Waals surface area contributed by atoms with E-state index in [1.54, 1.807) is 24.3 Å². The largest absolute Gasteiger partial charge is 0.457 e. The molecule has 2 amide bonds. The minimum atomic E-state index is -4.82. The lowest BCUT2D eigenvalue weighted by molar-refractivity contribution is -0.123. The van der Waals surface area contributed by atoms with Crippen LogP contribution in [0.15, 0.2) is 66.2 Å². The average Bonchev–Trinajstić information content (AvgIpc) is 2.60. The lowest BCUT2D eigenvalue weighted by Crippen LogP contribution is -2.54. The topological polar surface area (TPSA) is 58.6 Å². The molecule has 1 N–H and O–H groups in total. The Kier molecular flexibility index (Phi) is 4.95. The van der Waals surface area contributed by atoms with Crippen LogP contribution in [0, 0.1) is 0 Å². The summed E-state index contributed by atoms with van der Waals surface area (Å²) in [5.41, 5.74) is -0.848. The third-order valence-electron chi connectivity index (χ3n) is 3.48. The lowest BCUT2D eigenvalue weighted by atomic mass is 10.1. The summed E-state index contributed by atoms with van der Waals surface area (Å²) < 4.78 is 43.4.